The summed E-state index contributed by atoms with van der Waals surface area (Å²) in [6.07, 6.45) is 0.344. The summed E-state index contributed by atoms with van der Waals surface area (Å²) in [6.45, 7) is 6.68. The molecule has 0 saturated carbocycles. The molecule has 3 rings (SSSR count). The number of piperazine rings is 1. The van der Waals surface area contributed by atoms with Crippen molar-refractivity contribution in [3.05, 3.63) is 59.2 Å². The first-order valence-electron chi connectivity index (χ1n) is 11.3. The summed E-state index contributed by atoms with van der Waals surface area (Å²) in [5.41, 5.74) is 13.4. The molecular formula is C24H33N5O4S. The minimum Gasteiger partial charge on any atom is -0.366 e. The molecule has 5 N–H and O–H groups in total. The third-order valence-corrected chi connectivity index (χ3v) is 8.20. The fourth-order valence-electron chi connectivity index (χ4n) is 4.67. The number of nitrogens with zero attached hydrogens (tertiary/aromatic N) is 2. The van der Waals surface area contributed by atoms with Crippen LogP contribution < -0.4 is 16.8 Å². The highest BCUT2D eigenvalue weighted by atomic mass is 32.2. The van der Waals surface area contributed by atoms with Crippen LogP contribution in [0.2, 0.25) is 0 Å². The molecular weight excluding hydrogens is 454 g/mol. The number of para-hydroxylation sites is 1. The number of amides is 2. The number of hydrogen-bond donors (Lipinski definition) is 3. The van der Waals surface area contributed by atoms with Crippen molar-refractivity contribution in [3.63, 3.8) is 0 Å². The maximum absolute atomic E-state index is 13.7. The Morgan fingerprint density at radius 2 is 1.71 bits per heavy atom. The third kappa shape index (κ3) is 5.47. The summed E-state index contributed by atoms with van der Waals surface area (Å²) in [5, 5.41) is 2.92. The van der Waals surface area contributed by atoms with Crippen molar-refractivity contribution in [1.29, 1.82) is 0 Å². The first-order chi connectivity index (χ1) is 16.1. The number of sulfonamides is 1. The smallest absolute Gasteiger partial charge is 0.250 e. The van der Waals surface area contributed by atoms with Crippen molar-refractivity contribution < 1.29 is 18.0 Å². The molecule has 0 aromatic heterocycles. The second kappa shape index (κ2) is 10.6. The molecule has 2 aromatic rings. The van der Waals surface area contributed by atoms with E-state index in [-0.39, 0.29) is 29.5 Å². The fraction of sp³-hybridized carbons (Fsp3) is 0.417. The monoisotopic (exact) mass is 487 g/mol. The van der Waals surface area contributed by atoms with Gasteiger partial charge in [0.2, 0.25) is 21.8 Å². The van der Waals surface area contributed by atoms with E-state index in [1.165, 1.54) is 10.4 Å². The van der Waals surface area contributed by atoms with Gasteiger partial charge in [0.1, 0.15) is 0 Å². The van der Waals surface area contributed by atoms with Gasteiger partial charge >= 0.3 is 0 Å². The Labute approximate surface area is 201 Å². The third-order valence-electron chi connectivity index (χ3n) is 6.03. The topological polar surface area (TPSA) is 139 Å². The standard InChI is InChI=1S/C24H33N5O4S/c1-16-7-4-5-9-20(16)27-22(30)15-28-13-17(2)29(18(3)14-28)34(32,33)21-10-6-8-19(11-12-25)23(21)24(26)31/h4-10,17-18H,11-15,25H2,1-3H3,(H2,26,31)(H,27,30)/t17-,18+. The predicted molar refractivity (Wildman–Crippen MR) is 132 cm³/mol. The number of nitrogens with two attached hydrogens (primary N) is 2. The molecule has 1 saturated heterocycles. The van der Waals surface area contributed by atoms with Crippen molar-refractivity contribution in [1.82, 2.24) is 9.21 Å². The van der Waals surface area contributed by atoms with Gasteiger partial charge in [-0.1, -0.05) is 30.3 Å². The number of carbonyl (C=O) groups is 2. The summed E-state index contributed by atoms with van der Waals surface area (Å²) in [7, 11) is -4.02. The zero-order chi connectivity index (χ0) is 25.0. The molecule has 2 amide bonds. The highest BCUT2D eigenvalue weighted by molar-refractivity contribution is 7.89. The van der Waals surface area contributed by atoms with Gasteiger partial charge in [-0.05, 0) is 57.0 Å². The summed E-state index contributed by atoms with van der Waals surface area (Å²) in [4.78, 5) is 26.7. The van der Waals surface area contributed by atoms with Crippen molar-refractivity contribution >= 4 is 27.5 Å². The van der Waals surface area contributed by atoms with Crippen LogP contribution in [-0.4, -0.2) is 67.7 Å². The van der Waals surface area contributed by atoms with Crippen LogP contribution in [0.4, 0.5) is 5.69 Å². The normalized spacial score (nSPS) is 19.6. The van der Waals surface area contributed by atoms with Crippen molar-refractivity contribution in [2.45, 2.75) is 44.2 Å². The minimum absolute atomic E-state index is 0.00705. The number of primary amides is 1. The number of hydrogen-bond acceptors (Lipinski definition) is 6. The Morgan fingerprint density at radius 1 is 1.06 bits per heavy atom. The molecule has 0 radical (unpaired) electrons. The maximum atomic E-state index is 13.7. The Balaban J connectivity index is 1.79. The average Bonchev–Trinajstić information content (AvgIpc) is 2.74. The highest BCUT2D eigenvalue weighted by Gasteiger charge is 2.40. The lowest BCUT2D eigenvalue weighted by Gasteiger charge is -2.43. The lowest BCUT2D eigenvalue weighted by atomic mass is 10.0. The van der Waals surface area contributed by atoms with E-state index in [0.29, 0.717) is 25.1 Å². The zero-order valence-corrected chi connectivity index (χ0v) is 20.6. The Kier molecular flexibility index (Phi) is 8.09. The second-order valence-corrected chi connectivity index (χ2v) is 10.6. The molecule has 1 heterocycles. The minimum atomic E-state index is -4.02. The zero-order valence-electron chi connectivity index (χ0n) is 19.8. The summed E-state index contributed by atoms with van der Waals surface area (Å²) < 4.78 is 28.8. The second-order valence-electron chi connectivity index (χ2n) is 8.78. The number of nitrogens with one attached hydrogen (secondary N) is 1. The van der Waals surface area contributed by atoms with E-state index in [9.17, 15) is 18.0 Å². The van der Waals surface area contributed by atoms with Gasteiger partial charge in [0.25, 0.3) is 0 Å². The SMILES string of the molecule is Cc1ccccc1NC(=O)CN1C[C@@H](C)N(S(=O)(=O)c2cccc(CCN)c2C(N)=O)[C@@H](C)C1. The first kappa shape index (κ1) is 25.8. The molecule has 184 valence electrons. The van der Waals surface area contributed by atoms with E-state index < -0.39 is 28.0 Å². The van der Waals surface area contributed by atoms with Gasteiger partial charge < -0.3 is 16.8 Å². The highest BCUT2D eigenvalue weighted by Crippen LogP contribution is 2.29. The molecule has 1 aliphatic rings. The molecule has 1 fully saturated rings. The van der Waals surface area contributed by atoms with E-state index in [0.717, 1.165) is 11.3 Å². The lowest BCUT2D eigenvalue weighted by molar-refractivity contribution is -0.118. The molecule has 2 atom stereocenters. The van der Waals surface area contributed by atoms with Gasteiger partial charge in [-0.3, -0.25) is 14.5 Å². The van der Waals surface area contributed by atoms with Crippen LogP contribution in [0.5, 0.6) is 0 Å². The van der Waals surface area contributed by atoms with E-state index in [2.05, 4.69) is 5.32 Å². The molecule has 2 aromatic carbocycles. The van der Waals surface area contributed by atoms with Gasteiger partial charge in [-0.15, -0.1) is 0 Å². The molecule has 0 unspecified atom stereocenters. The Morgan fingerprint density at radius 3 is 2.29 bits per heavy atom. The molecule has 0 spiro atoms. The van der Waals surface area contributed by atoms with Gasteiger partial charge in [-0.2, -0.15) is 4.31 Å². The van der Waals surface area contributed by atoms with Crippen LogP contribution in [0.3, 0.4) is 0 Å². The summed E-state index contributed by atoms with van der Waals surface area (Å²) >= 11 is 0. The quantitative estimate of drug-likeness (QED) is 0.513. The van der Waals surface area contributed by atoms with E-state index in [1.54, 1.807) is 26.0 Å². The van der Waals surface area contributed by atoms with Gasteiger partial charge in [0.15, 0.2) is 0 Å². The van der Waals surface area contributed by atoms with Crippen LogP contribution in [0.1, 0.15) is 35.3 Å². The molecule has 1 aliphatic heterocycles. The number of rotatable bonds is 8. The molecule has 0 bridgehead atoms. The molecule has 34 heavy (non-hydrogen) atoms. The summed E-state index contributed by atoms with van der Waals surface area (Å²) in [6, 6.07) is 11.4. The molecule has 10 heteroatoms. The van der Waals surface area contributed by atoms with Gasteiger partial charge in [0, 0.05) is 30.9 Å². The number of benzene rings is 2. The lowest BCUT2D eigenvalue weighted by Crippen LogP contribution is -2.59. The van der Waals surface area contributed by atoms with Gasteiger partial charge in [-0.25, -0.2) is 8.42 Å². The van der Waals surface area contributed by atoms with Crippen LogP contribution in [0.15, 0.2) is 47.4 Å². The average molecular weight is 488 g/mol. The molecule has 9 nitrogen and oxygen atoms in total. The summed E-state index contributed by atoms with van der Waals surface area (Å²) in [5.74, 6) is -0.954. The van der Waals surface area contributed by atoms with Crippen molar-refractivity contribution in [2.75, 3.05) is 31.5 Å². The number of carbonyl (C=O) groups excluding carboxylic acids is 2. The number of anilines is 1. The fourth-order valence-corrected chi connectivity index (χ4v) is 6.72. The largest absolute Gasteiger partial charge is 0.366 e. The van der Waals surface area contributed by atoms with Crippen LogP contribution in [-0.2, 0) is 21.2 Å². The van der Waals surface area contributed by atoms with E-state index >= 15 is 0 Å². The van der Waals surface area contributed by atoms with E-state index in [4.69, 9.17) is 11.5 Å². The van der Waals surface area contributed by atoms with Crippen LogP contribution in [0, 0.1) is 6.92 Å². The number of aryl methyl sites for hydroxylation is 1. The maximum Gasteiger partial charge on any atom is 0.250 e. The van der Waals surface area contributed by atoms with Crippen LogP contribution >= 0.6 is 0 Å². The van der Waals surface area contributed by atoms with Crippen molar-refractivity contribution in [2.24, 2.45) is 11.5 Å². The van der Waals surface area contributed by atoms with Crippen LogP contribution in [0.25, 0.3) is 0 Å². The first-order valence-corrected chi connectivity index (χ1v) is 12.7. The molecule has 0 aliphatic carbocycles. The van der Waals surface area contributed by atoms with Gasteiger partial charge in [0.05, 0.1) is 17.0 Å². The van der Waals surface area contributed by atoms with Crippen molar-refractivity contribution in [3.8, 4) is 0 Å². The predicted octanol–water partition coefficient (Wildman–Crippen LogP) is 1.32. The van der Waals surface area contributed by atoms with E-state index in [1.807, 2.05) is 36.1 Å². The Hall–Kier alpha value is -2.79. The Bertz CT molecular complexity index is 1160.